The Labute approximate surface area is 167 Å². The zero-order valence-corrected chi connectivity index (χ0v) is 16.1. The van der Waals surface area contributed by atoms with Crippen LogP contribution in [0, 0.1) is 17.7 Å². The lowest BCUT2D eigenvalue weighted by Gasteiger charge is -2.35. The molecule has 2 nitrogen and oxygen atoms in total. The molecule has 0 aliphatic heterocycles. The number of rotatable bonds is 3. The zero-order chi connectivity index (χ0) is 20.6. The molecular weight excluding hydrogens is 384 g/mol. The van der Waals surface area contributed by atoms with E-state index in [4.69, 9.17) is 0 Å². The van der Waals surface area contributed by atoms with Crippen molar-refractivity contribution in [3.8, 4) is 5.75 Å². The standard InChI is InChI=1S/C23H24F4O2/c24-22-20-11-7-17(13-18(20)8-12-21(22)29-23(25,26)27)16-3-1-14(2-4-16)15-5-9-19(28)10-6-15/h7-8,11-16H,1-6,9-10H2. The van der Waals surface area contributed by atoms with Crippen molar-refractivity contribution in [3.63, 3.8) is 0 Å². The molecule has 0 amide bonds. The molecule has 2 aromatic carbocycles. The second-order valence-electron chi connectivity index (χ2n) is 8.39. The van der Waals surface area contributed by atoms with Gasteiger partial charge in [0.05, 0.1) is 0 Å². The lowest BCUT2D eigenvalue weighted by Crippen LogP contribution is -2.25. The topological polar surface area (TPSA) is 26.3 Å². The average molecular weight is 408 g/mol. The van der Waals surface area contributed by atoms with E-state index in [0.29, 0.717) is 28.9 Å². The van der Waals surface area contributed by atoms with Gasteiger partial charge in [0, 0.05) is 18.2 Å². The van der Waals surface area contributed by atoms with Crippen LogP contribution in [0.2, 0.25) is 0 Å². The van der Waals surface area contributed by atoms with E-state index in [-0.39, 0.29) is 5.39 Å². The Morgan fingerprint density at radius 3 is 2.17 bits per heavy atom. The number of carbonyl (C=O) groups excluding carboxylic acids is 1. The van der Waals surface area contributed by atoms with Crippen LogP contribution >= 0.6 is 0 Å². The van der Waals surface area contributed by atoms with E-state index in [1.807, 2.05) is 12.1 Å². The van der Waals surface area contributed by atoms with Crippen LogP contribution in [0.15, 0.2) is 30.3 Å². The number of hydrogen-bond acceptors (Lipinski definition) is 2. The minimum Gasteiger partial charge on any atom is -0.403 e. The first-order chi connectivity index (χ1) is 13.8. The molecule has 2 fully saturated rings. The van der Waals surface area contributed by atoms with Gasteiger partial charge in [-0.25, -0.2) is 4.39 Å². The van der Waals surface area contributed by atoms with Crippen molar-refractivity contribution in [2.45, 2.75) is 63.6 Å². The Kier molecular flexibility index (Phi) is 5.54. The van der Waals surface area contributed by atoms with Crippen molar-refractivity contribution >= 4 is 16.6 Å². The zero-order valence-electron chi connectivity index (χ0n) is 16.1. The van der Waals surface area contributed by atoms with Crippen LogP contribution in [-0.2, 0) is 4.79 Å². The first kappa shape index (κ1) is 20.2. The number of benzene rings is 2. The van der Waals surface area contributed by atoms with Gasteiger partial charge in [0.2, 0.25) is 0 Å². The lowest BCUT2D eigenvalue weighted by atomic mass is 9.69. The fraction of sp³-hybridized carbons (Fsp3) is 0.522. The smallest absolute Gasteiger partial charge is 0.403 e. The van der Waals surface area contributed by atoms with E-state index in [1.165, 1.54) is 6.07 Å². The monoisotopic (exact) mass is 408 g/mol. The molecule has 2 aromatic rings. The summed E-state index contributed by atoms with van der Waals surface area (Å²) in [5, 5.41) is 0.721. The number of alkyl halides is 3. The van der Waals surface area contributed by atoms with Crippen LogP contribution in [0.1, 0.15) is 62.8 Å². The first-order valence-corrected chi connectivity index (χ1v) is 10.3. The van der Waals surface area contributed by atoms with Gasteiger partial charge >= 0.3 is 6.36 Å². The third kappa shape index (κ3) is 4.57. The molecule has 2 saturated carbocycles. The highest BCUT2D eigenvalue weighted by Gasteiger charge is 2.33. The molecular formula is C23H24F4O2. The Morgan fingerprint density at radius 1 is 0.862 bits per heavy atom. The highest BCUT2D eigenvalue weighted by atomic mass is 19.4. The molecule has 156 valence electrons. The van der Waals surface area contributed by atoms with Gasteiger partial charge in [0.25, 0.3) is 0 Å². The van der Waals surface area contributed by atoms with Gasteiger partial charge in [0.15, 0.2) is 11.6 Å². The highest BCUT2D eigenvalue weighted by molar-refractivity contribution is 5.85. The molecule has 6 heteroatoms. The predicted molar refractivity (Wildman–Crippen MR) is 102 cm³/mol. The Bertz CT molecular complexity index is 888. The summed E-state index contributed by atoms with van der Waals surface area (Å²) in [5.41, 5.74) is 1.11. The quantitative estimate of drug-likeness (QED) is 0.516. The van der Waals surface area contributed by atoms with Crippen LogP contribution in [0.4, 0.5) is 17.6 Å². The van der Waals surface area contributed by atoms with Crippen molar-refractivity contribution in [2.24, 2.45) is 11.8 Å². The molecule has 0 unspecified atom stereocenters. The molecule has 0 heterocycles. The van der Waals surface area contributed by atoms with E-state index in [9.17, 15) is 22.4 Å². The van der Waals surface area contributed by atoms with Gasteiger partial charge in [-0.2, -0.15) is 0 Å². The molecule has 0 aromatic heterocycles. The molecule has 0 atom stereocenters. The number of halogens is 4. The van der Waals surface area contributed by atoms with Crippen molar-refractivity contribution in [1.82, 2.24) is 0 Å². The van der Waals surface area contributed by atoms with Gasteiger partial charge in [-0.05, 0) is 73.3 Å². The number of fused-ring (bicyclic) bond motifs is 1. The predicted octanol–water partition coefficient (Wildman–Crippen LogP) is 6.91. The first-order valence-electron chi connectivity index (χ1n) is 10.3. The summed E-state index contributed by atoms with van der Waals surface area (Å²) >= 11 is 0. The van der Waals surface area contributed by atoms with Crippen molar-refractivity contribution in [3.05, 3.63) is 41.7 Å². The van der Waals surface area contributed by atoms with Gasteiger partial charge in [0.1, 0.15) is 5.78 Å². The SMILES string of the molecule is O=C1CCC(C2CCC(c3ccc4c(F)c(OC(F)(F)F)ccc4c3)CC2)CC1. The lowest BCUT2D eigenvalue weighted by molar-refractivity contribution is -0.275. The molecule has 4 rings (SSSR count). The minimum absolute atomic E-state index is 0.135. The second-order valence-corrected chi connectivity index (χ2v) is 8.39. The summed E-state index contributed by atoms with van der Waals surface area (Å²) in [6.45, 7) is 0. The molecule has 29 heavy (non-hydrogen) atoms. The average Bonchev–Trinajstić information content (AvgIpc) is 2.70. The van der Waals surface area contributed by atoms with Crippen LogP contribution in [0.3, 0.4) is 0 Å². The third-order valence-electron chi connectivity index (χ3n) is 6.67. The molecule has 0 bridgehead atoms. The summed E-state index contributed by atoms with van der Waals surface area (Å²) in [5.74, 6) is 0.328. The van der Waals surface area contributed by atoms with Crippen molar-refractivity contribution in [2.75, 3.05) is 0 Å². The fourth-order valence-electron chi connectivity index (χ4n) is 5.11. The highest BCUT2D eigenvalue weighted by Crippen LogP contribution is 2.43. The summed E-state index contributed by atoms with van der Waals surface area (Å²) in [6, 6.07) is 7.79. The van der Waals surface area contributed by atoms with Crippen molar-refractivity contribution in [1.29, 1.82) is 0 Å². The summed E-state index contributed by atoms with van der Waals surface area (Å²) < 4.78 is 55.4. The normalized spacial score (nSPS) is 24.1. The van der Waals surface area contributed by atoms with E-state index >= 15 is 0 Å². The molecule has 0 spiro atoms. The van der Waals surface area contributed by atoms with Crippen LogP contribution in [-0.4, -0.2) is 12.1 Å². The maximum absolute atomic E-state index is 14.4. The van der Waals surface area contributed by atoms with Gasteiger partial charge < -0.3 is 4.74 Å². The largest absolute Gasteiger partial charge is 0.573 e. The van der Waals surface area contributed by atoms with Gasteiger partial charge in [-0.15, -0.1) is 13.2 Å². The summed E-state index contributed by atoms with van der Waals surface area (Å²) in [4.78, 5) is 11.5. The Hall–Kier alpha value is -2.11. The van der Waals surface area contributed by atoms with Crippen molar-refractivity contribution < 1.29 is 27.1 Å². The number of Topliss-reactive ketones (excluding diaryl/α,β-unsaturated/α-hetero) is 1. The third-order valence-corrected chi connectivity index (χ3v) is 6.67. The number of carbonyl (C=O) groups is 1. The van der Waals surface area contributed by atoms with E-state index in [2.05, 4.69) is 4.74 Å². The van der Waals surface area contributed by atoms with Gasteiger partial charge in [-0.3, -0.25) is 4.79 Å². The maximum atomic E-state index is 14.4. The summed E-state index contributed by atoms with van der Waals surface area (Å²) in [6.07, 6.45) is 2.94. The minimum atomic E-state index is -4.92. The van der Waals surface area contributed by atoms with Crippen LogP contribution in [0.5, 0.6) is 5.75 Å². The Morgan fingerprint density at radius 2 is 1.52 bits per heavy atom. The van der Waals surface area contributed by atoms with Crippen LogP contribution in [0.25, 0.3) is 10.8 Å². The molecule has 0 saturated heterocycles. The van der Waals surface area contributed by atoms with Crippen LogP contribution < -0.4 is 4.74 Å². The maximum Gasteiger partial charge on any atom is 0.573 e. The number of ketones is 1. The molecule has 2 aliphatic carbocycles. The van der Waals surface area contributed by atoms with E-state index < -0.39 is 17.9 Å². The Balaban J connectivity index is 1.45. The molecule has 0 radical (unpaired) electrons. The van der Waals surface area contributed by atoms with E-state index in [0.717, 1.165) is 63.0 Å². The second kappa shape index (κ2) is 7.96. The molecule has 0 N–H and O–H groups in total. The summed E-state index contributed by atoms with van der Waals surface area (Å²) in [7, 11) is 0. The van der Waals surface area contributed by atoms with Gasteiger partial charge in [-0.1, -0.05) is 24.3 Å². The number of hydrogen-bond donors (Lipinski definition) is 0. The van der Waals surface area contributed by atoms with E-state index in [1.54, 1.807) is 6.07 Å². The number of ether oxygens (including phenoxy) is 1. The molecule has 2 aliphatic rings. The fourth-order valence-corrected chi connectivity index (χ4v) is 5.11.